The van der Waals surface area contributed by atoms with Gasteiger partial charge in [-0.25, -0.2) is 0 Å². The van der Waals surface area contributed by atoms with Crippen LogP contribution in [0.1, 0.15) is 5.56 Å². The van der Waals surface area contributed by atoms with Gasteiger partial charge in [0.25, 0.3) is 0 Å². The standard InChI is InChI=1S/C8H8N2O2/c9-6-2-1-5(3-7(6)10)4-8(11)12/h1-3,9-10H,4H2,(H,11,12). The maximum absolute atomic E-state index is 10.3. The molecule has 0 spiro atoms. The van der Waals surface area contributed by atoms with Crippen LogP contribution in [0.2, 0.25) is 0 Å². The molecular weight excluding hydrogens is 156 g/mol. The highest BCUT2D eigenvalue weighted by atomic mass is 16.4. The molecule has 0 atom stereocenters. The molecule has 0 bridgehead atoms. The number of hydrogen-bond donors (Lipinski definition) is 1. The molecule has 1 aromatic carbocycles. The van der Waals surface area contributed by atoms with Crippen LogP contribution >= 0.6 is 0 Å². The summed E-state index contributed by atoms with van der Waals surface area (Å²) in [5, 5.41) is 8.42. The van der Waals surface area contributed by atoms with E-state index in [1.54, 1.807) is 6.07 Å². The molecule has 4 heteroatoms. The maximum atomic E-state index is 10.3. The Morgan fingerprint density at radius 2 is 2.00 bits per heavy atom. The lowest BCUT2D eigenvalue weighted by Crippen LogP contribution is -1.99. The molecule has 3 N–H and O–H groups in total. The van der Waals surface area contributed by atoms with E-state index < -0.39 is 5.97 Å². The summed E-state index contributed by atoms with van der Waals surface area (Å²) in [5.74, 6) is -0.924. The predicted molar refractivity (Wildman–Crippen MR) is 43.3 cm³/mol. The van der Waals surface area contributed by atoms with Crippen LogP contribution in [-0.4, -0.2) is 11.1 Å². The molecule has 0 unspecified atom stereocenters. The maximum Gasteiger partial charge on any atom is 0.307 e. The van der Waals surface area contributed by atoms with Gasteiger partial charge in [0.2, 0.25) is 0 Å². The molecule has 12 heavy (non-hydrogen) atoms. The first-order valence-electron chi connectivity index (χ1n) is 3.37. The van der Waals surface area contributed by atoms with Gasteiger partial charge < -0.3 is 5.11 Å². The van der Waals surface area contributed by atoms with E-state index in [2.05, 4.69) is 0 Å². The van der Waals surface area contributed by atoms with Crippen LogP contribution in [0, 0.1) is 0 Å². The number of benzene rings is 1. The van der Waals surface area contributed by atoms with Crippen molar-refractivity contribution in [1.82, 2.24) is 11.5 Å². The summed E-state index contributed by atoms with van der Waals surface area (Å²) in [7, 11) is 0. The summed E-state index contributed by atoms with van der Waals surface area (Å²) in [6, 6.07) is 4.38. The number of carboxylic acids is 1. The number of carboxylic acid groups (broad SMARTS) is 1. The van der Waals surface area contributed by atoms with E-state index in [1.807, 2.05) is 0 Å². The molecule has 2 radical (unpaired) electrons. The third-order valence-corrected chi connectivity index (χ3v) is 1.44. The zero-order valence-electron chi connectivity index (χ0n) is 6.29. The quantitative estimate of drug-likeness (QED) is 0.710. The molecule has 0 amide bonds. The second-order valence-corrected chi connectivity index (χ2v) is 2.45. The molecule has 0 aliphatic heterocycles. The van der Waals surface area contributed by atoms with Crippen molar-refractivity contribution in [3.8, 4) is 0 Å². The van der Waals surface area contributed by atoms with E-state index in [0.717, 1.165) is 0 Å². The zero-order valence-corrected chi connectivity index (χ0v) is 6.29. The highest BCUT2D eigenvalue weighted by molar-refractivity contribution is 5.71. The molecule has 0 aliphatic carbocycles. The summed E-state index contributed by atoms with van der Waals surface area (Å²) in [4.78, 5) is 10.3. The minimum atomic E-state index is -0.924. The molecule has 0 heterocycles. The Labute approximate surface area is 69.8 Å². The molecule has 62 valence electrons. The van der Waals surface area contributed by atoms with Crippen LogP contribution in [0.15, 0.2) is 18.2 Å². The monoisotopic (exact) mass is 164 g/mol. The average molecular weight is 164 g/mol. The second kappa shape index (κ2) is 3.13. The highest BCUT2D eigenvalue weighted by Crippen LogP contribution is 2.19. The van der Waals surface area contributed by atoms with Crippen LogP contribution in [0.5, 0.6) is 0 Å². The van der Waals surface area contributed by atoms with Gasteiger partial charge in [-0.1, -0.05) is 6.07 Å². The topological polar surface area (TPSA) is 84.9 Å². The van der Waals surface area contributed by atoms with E-state index in [1.165, 1.54) is 12.1 Å². The van der Waals surface area contributed by atoms with Gasteiger partial charge in [-0.05, 0) is 17.7 Å². The predicted octanol–water partition coefficient (Wildman–Crippen LogP) is 1.14. The molecular formula is C8H8N2O2. The van der Waals surface area contributed by atoms with E-state index in [9.17, 15) is 4.79 Å². The van der Waals surface area contributed by atoms with E-state index >= 15 is 0 Å². The van der Waals surface area contributed by atoms with Crippen LogP contribution in [-0.2, 0) is 11.2 Å². The van der Waals surface area contributed by atoms with Crippen molar-refractivity contribution in [3.05, 3.63) is 23.8 Å². The molecule has 0 saturated heterocycles. The van der Waals surface area contributed by atoms with E-state index in [0.29, 0.717) is 5.56 Å². The summed E-state index contributed by atoms with van der Waals surface area (Å²) >= 11 is 0. The van der Waals surface area contributed by atoms with Crippen molar-refractivity contribution in [2.75, 3.05) is 0 Å². The Bertz CT molecular complexity index is 310. The normalized spacial score (nSPS) is 9.67. The smallest absolute Gasteiger partial charge is 0.307 e. The van der Waals surface area contributed by atoms with Crippen molar-refractivity contribution < 1.29 is 9.90 Å². The molecule has 0 fully saturated rings. The minimum absolute atomic E-state index is 0.0637. The fraction of sp³-hybridized carbons (Fsp3) is 0.125. The number of hydrogen-bond acceptors (Lipinski definition) is 1. The van der Waals surface area contributed by atoms with E-state index in [4.69, 9.17) is 16.6 Å². The van der Waals surface area contributed by atoms with Crippen molar-refractivity contribution in [3.63, 3.8) is 0 Å². The van der Waals surface area contributed by atoms with Gasteiger partial charge in [0.05, 0.1) is 17.8 Å². The third kappa shape index (κ3) is 1.88. The zero-order chi connectivity index (χ0) is 9.14. The Kier molecular flexibility index (Phi) is 2.19. The van der Waals surface area contributed by atoms with Gasteiger partial charge in [0.15, 0.2) is 0 Å². The van der Waals surface area contributed by atoms with Crippen molar-refractivity contribution in [2.24, 2.45) is 0 Å². The van der Waals surface area contributed by atoms with Crippen molar-refractivity contribution in [2.45, 2.75) is 6.42 Å². The lowest BCUT2D eigenvalue weighted by Gasteiger charge is -1.99. The Balaban J connectivity index is 2.89. The summed E-state index contributed by atoms with van der Waals surface area (Å²) in [6.45, 7) is 0. The SMILES string of the molecule is [NH]c1ccc(CC(=O)O)cc1[NH]. The fourth-order valence-corrected chi connectivity index (χ4v) is 0.876. The van der Waals surface area contributed by atoms with Gasteiger partial charge in [-0.15, -0.1) is 0 Å². The van der Waals surface area contributed by atoms with E-state index in [-0.39, 0.29) is 17.8 Å². The Morgan fingerprint density at radius 1 is 1.33 bits per heavy atom. The summed E-state index contributed by atoms with van der Waals surface area (Å²) in [6.07, 6.45) is -0.0911. The lowest BCUT2D eigenvalue weighted by atomic mass is 10.1. The van der Waals surface area contributed by atoms with Crippen LogP contribution in [0.4, 0.5) is 11.4 Å². The van der Waals surface area contributed by atoms with Crippen LogP contribution in [0.25, 0.3) is 0 Å². The van der Waals surface area contributed by atoms with Gasteiger partial charge in [-0.3, -0.25) is 16.3 Å². The molecule has 0 aliphatic rings. The largest absolute Gasteiger partial charge is 0.481 e. The number of carbonyl (C=O) groups is 1. The molecule has 0 saturated carbocycles. The first-order valence-corrected chi connectivity index (χ1v) is 3.37. The third-order valence-electron chi connectivity index (χ3n) is 1.44. The Morgan fingerprint density at radius 3 is 2.50 bits per heavy atom. The highest BCUT2D eigenvalue weighted by Gasteiger charge is 2.02. The average Bonchev–Trinajstić information content (AvgIpc) is 1.96. The van der Waals surface area contributed by atoms with Gasteiger partial charge in [-0.2, -0.15) is 0 Å². The number of aliphatic carboxylic acids is 1. The molecule has 4 nitrogen and oxygen atoms in total. The minimum Gasteiger partial charge on any atom is -0.481 e. The molecule has 1 rings (SSSR count). The Hall–Kier alpha value is -1.71. The van der Waals surface area contributed by atoms with Crippen molar-refractivity contribution >= 4 is 17.3 Å². The first-order chi connectivity index (χ1) is 5.59. The van der Waals surface area contributed by atoms with Crippen LogP contribution in [0.3, 0.4) is 0 Å². The van der Waals surface area contributed by atoms with Gasteiger partial charge in [0, 0.05) is 0 Å². The van der Waals surface area contributed by atoms with Gasteiger partial charge >= 0.3 is 5.97 Å². The fourth-order valence-electron chi connectivity index (χ4n) is 0.876. The van der Waals surface area contributed by atoms with Crippen LogP contribution < -0.4 is 11.5 Å². The number of nitrogens with one attached hydrogen (secondary N) is 2. The first kappa shape index (κ1) is 8.39. The van der Waals surface area contributed by atoms with Gasteiger partial charge in [0.1, 0.15) is 0 Å². The summed E-state index contributed by atoms with van der Waals surface area (Å²) in [5.41, 5.74) is 15.1. The summed E-state index contributed by atoms with van der Waals surface area (Å²) < 4.78 is 0. The number of rotatable bonds is 2. The van der Waals surface area contributed by atoms with Crippen molar-refractivity contribution in [1.29, 1.82) is 0 Å². The molecule has 0 aromatic heterocycles. The molecule has 1 aromatic rings. The second-order valence-electron chi connectivity index (χ2n) is 2.45. The lowest BCUT2D eigenvalue weighted by molar-refractivity contribution is -0.136.